The number of hydrogen-bond donors (Lipinski definition) is 2. The zero-order valence-electron chi connectivity index (χ0n) is 9.82. The zero-order chi connectivity index (χ0) is 12.0. The van der Waals surface area contributed by atoms with Gasteiger partial charge in [0.1, 0.15) is 6.26 Å². The van der Waals surface area contributed by atoms with Gasteiger partial charge in [-0.25, -0.2) is 0 Å². The Morgan fingerprint density at radius 2 is 2.44 bits per heavy atom. The van der Waals surface area contributed by atoms with Crippen LogP contribution in [0.2, 0.25) is 0 Å². The van der Waals surface area contributed by atoms with Gasteiger partial charge in [-0.05, 0) is 13.3 Å². The van der Waals surface area contributed by atoms with E-state index in [0.29, 0.717) is 6.54 Å². The molecule has 1 aromatic rings. The predicted octanol–water partition coefficient (Wildman–Crippen LogP) is 1.31. The Kier molecular flexibility index (Phi) is 4.49. The molecule has 1 heterocycles. The lowest BCUT2D eigenvalue weighted by molar-refractivity contribution is 0.0934. The molecule has 5 heteroatoms. The second kappa shape index (κ2) is 5.65. The monoisotopic (exact) mass is 225 g/mol. The SMILES string of the molecule is CCCCC(C)(N)CNC(=O)c1ccon1. The fourth-order valence-electron chi connectivity index (χ4n) is 1.37. The van der Waals surface area contributed by atoms with Crippen LogP contribution in [0.5, 0.6) is 0 Å². The van der Waals surface area contributed by atoms with Crippen molar-refractivity contribution in [3.63, 3.8) is 0 Å². The first-order valence-corrected chi connectivity index (χ1v) is 5.52. The Morgan fingerprint density at radius 3 is 3.00 bits per heavy atom. The van der Waals surface area contributed by atoms with Crippen LogP contribution in [0.3, 0.4) is 0 Å². The molecule has 1 unspecified atom stereocenters. The molecule has 0 fully saturated rings. The summed E-state index contributed by atoms with van der Waals surface area (Å²) in [6, 6.07) is 1.52. The second-order valence-corrected chi connectivity index (χ2v) is 4.32. The summed E-state index contributed by atoms with van der Waals surface area (Å²) in [5.41, 5.74) is 5.96. The first-order chi connectivity index (χ1) is 7.55. The van der Waals surface area contributed by atoms with E-state index in [4.69, 9.17) is 5.73 Å². The molecule has 1 aromatic heterocycles. The summed E-state index contributed by atoms with van der Waals surface area (Å²) in [5, 5.41) is 6.30. The first kappa shape index (κ1) is 12.7. The van der Waals surface area contributed by atoms with Crippen molar-refractivity contribution >= 4 is 5.91 Å². The number of nitrogens with one attached hydrogen (secondary N) is 1. The minimum absolute atomic E-state index is 0.248. The molecule has 0 aromatic carbocycles. The second-order valence-electron chi connectivity index (χ2n) is 4.32. The molecule has 0 bridgehead atoms. The van der Waals surface area contributed by atoms with E-state index in [2.05, 4.69) is 21.9 Å². The first-order valence-electron chi connectivity index (χ1n) is 5.52. The molecule has 0 saturated carbocycles. The number of carbonyl (C=O) groups excluding carboxylic acids is 1. The molecule has 0 aliphatic rings. The summed E-state index contributed by atoms with van der Waals surface area (Å²) >= 11 is 0. The van der Waals surface area contributed by atoms with E-state index >= 15 is 0 Å². The minimum atomic E-state index is -0.366. The summed E-state index contributed by atoms with van der Waals surface area (Å²) in [5.74, 6) is -0.248. The van der Waals surface area contributed by atoms with Crippen molar-refractivity contribution in [2.45, 2.75) is 38.6 Å². The Hall–Kier alpha value is -1.36. The van der Waals surface area contributed by atoms with Crippen LogP contribution >= 0.6 is 0 Å². The van der Waals surface area contributed by atoms with Crippen molar-refractivity contribution in [2.75, 3.05) is 6.54 Å². The third kappa shape index (κ3) is 4.02. The number of nitrogens with zero attached hydrogens (tertiary/aromatic N) is 1. The lowest BCUT2D eigenvalue weighted by Gasteiger charge is -2.24. The molecule has 16 heavy (non-hydrogen) atoms. The molecule has 0 aliphatic carbocycles. The van der Waals surface area contributed by atoms with Gasteiger partial charge in [0.25, 0.3) is 5.91 Å². The minimum Gasteiger partial charge on any atom is -0.364 e. The molecule has 3 N–H and O–H groups in total. The highest BCUT2D eigenvalue weighted by molar-refractivity contribution is 5.91. The topological polar surface area (TPSA) is 81.1 Å². The van der Waals surface area contributed by atoms with Gasteiger partial charge < -0.3 is 15.6 Å². The number of hydrogen-bond acceptors (Lipinski definition) is 4. The van der Waals surface area contributed by atoms with Crippen LogP contribution in [-0.2, 0) is 0 Å². The quantitative estimate of drug-likeness (QED) is 0.764. The maximum absolute atomic E-state index is 11.5. The fraction of sp³-hybridized carbons (Fsp3) is 0.636. The highest BCUT2D eigenvalue weighted by Crippen LogP contribution is 2.09. The van der Waals surface area contributed by atoms with Gasteiger partial charge in [0.2, 0.25) is 0 Å². The lowest BCUT2D eigenvalue weighted by atomic mass is 9.96. The van der Waals surface area contributed by atoms with E-state index < -0.39 is 0 Å². The molecule has 0 aliphatic heterocycles. The molecule has 0 saturated heterocycles. The van der Waals surface area contributed by atoms with Gasteiger partial charge in [0.05, 0.1) is 0 Å². The van der Waals surface area contributed by atoms with Gasteiger partial charge in [0.15, 0.2) is 5.69 Å². The van der Waals surface area contributed by atoms with Crippen molar-refractivity contribution in [1.82, 2.24) is 10.5 Å². The highest BCUT2D eigenvalue weighted by atomic mass is 16.5. The Balaban J connectivity index is 2.36. The average molecular weight is 225 g/mol. The van der Waals surface area contributed by atoms with E-state index in [0.717, 1.165) is 19.3 Å². The van der Waals surface area contributed by atoms with Crippen molar-refractivity contribution in [3.05, 3.63) is 18.0 Å². The summed E-state index contributed by atoms with van der Waals surface area (Å²) in [6.45, 7) is 4.49. The molecule has 0 spiro atoms. The summed E-state index contributed by atoms with van der Waals surface area (Å²) in [6.07, 6.45) is 4.42. The van der Waals surface area contributed by atoms with Crippen LogP contribution in [0.1, 0.15) is 43.6 Å². The molecule has 1 atom stereocenters. The van der Waals surface area contributed by atoms with Gasteiger partial charge >= 0.3 is 0 Å². The van der Waals surface area contributed by atoms with Gasteiger partial charge in [0, 0.05) is 18.2 Å². The van der Waals surface area contributed by atoms with Crippen molar-refractivity contribution in [1.29, 1.82) is 0 Å². The van der Waals surface area contributed by atoms with E-state index in [9.17, 15) is 4.79 Å². The summed E-state index contributed by atoms with van der Waals surface area (Å²) in [7, 11) is 0. The number of rotatable bonds is 6. The maximum atomic E-state index is 11.5. The largest absolute Gasteiger partial charge is 0.364 e. The van der Waals surface area contributed by atoms with Crippen LogP contribution in [0, 0.1) is 0 Å². The van der Waals surface area contributed by atoms with Gasteiger partial charge in [-0.2, -0.15) is 0 Å². The zero-order valence-corrected chi connectivity index (χ0v) is 9.82. The summed E-state index contributed by atoms with van der Waals surface area (Å²) in [4.78, 5) is 11.5. The molecule has 1 amide bonds. The van der Waals surface area contributed by atoms with Crippen molar-refractivity contribution < 1.29 is 9.32 Å². The smallest absolute Gasteiger partial charge is 0.273 e. The maximum Gasteiger partial charge on any atom is 0.273 e. The Morgan fingerprint density at radius 1 is 1.69 bits per heavy atom. The number of unbranched alkanes of at least 4 members (excludes halogenated alkanes) is 1. The van der Waals surface area contributed by atoms with Crippen molar-refractivity contribution in [3.8, 4) is 0 Å². The van der Waals surface area contributed by atoms with E-state index in [1.165, 1.54) is 12.3 Å². The van der Waals surface area contributed by atoms with Crippen LogP contribution < -0.4 is 11.1 Å². The molecule has 90 valence electrons. The molecule has 1 rings (SSSR count). The van der Waals surface area contributed by atoms with Crippen LogP contribution in [0.25, 0.3) is 0 Å². The van der Waals surface area contributed by atoms with E-state index in [-0.39, 0.29) is 17.1 Å². The van der Waals surface area contributed by atoms with Crippen LogP contribution in [0.4, 0.5) is 0 Å². The summed E-state index contributed by atoms with van der Waals surface area (Å²) < 4.78 is 4.59. The number of carbonyl (C=O) groups is 1. The normalized spacial score (nSPS) is 14.4. The Labute approximate surface area is 95.4 Å². The third-order valence-electron chi connectivity index (χ3n) is 2.42. The number of nitrogens with two attached hydrogens (primary N) is 1. The Bertz CT molecular complexity index is 320. The predicted molar refractivity (Wildman–Crippen MR) is 61.0 cm³/mol. The third-order valence-corrected chi connectivity index (χ3v) is 2.42. The van der Waals surface area contributed by atoms with Gasteiger partial charge in [-0.15, -0.1) is 0 Å². The molecule has 0 radical (unpaired) electrons. The average Bonchev–Trinajstić information content (AvgIpc) is 2.77. The fourth-order valence-corrected chi connectivity index (χ4v) is 1.37. The molecular formula is C11H19N3O2. The highest BCUT2D eigenvalue weighted by Gasteiger charge is 2.19. The van der Waals surface area contributed by atoms with Crippen LogP contribution in [0.15, 0.2) is 16.9 Å². The number of amides is 1. The van der Waals surface area contributed by atoms with E-state index in [1.807, 2.05) is 6.92 Å². The number of aromatic nitrogens is 1. The van der Waals surface area contributed by atoms with Gasteiger partial charge in [-0.1, -0.05) is 24.9 Å². The van der Waals surface area contributed by atoms with Crippen molar-refractivity contribution in [2.24, 2.45) is 5.73 Å². The molecular weight excluding hydrogens is 206 g/mol. The van der Waals surface area contributed by atoms with Crippen LogP contribution in [-0.4, -0.2) is 23.1 Å². The van der Waals surface area contributed by atoms with Gasteiger partial charge in [-0.3, -0.25) is 4.79 Å². The standard InChI is InChI=1S/C11H19N3O2/c1-3-4-6-11(2,12)8-13-10(15)9-5-7-16-14-9/h5,7H,3-4,6,8,12H2,1-2H3,(H,13,15). The molecule has 5 nitrogen and oxygen atoms in total. The van der Waals surface area contributed by atoms with E-state index in [1.54, 1.807) is 0 Å². The lowest BCUT2D eigenvalue weighted by Crippen LogP contribution is -2.47.